The first kappa shape index (κ1) is 26.5. The van der Waals surface area contributed by atoms with Crippen molar-refractivity contribution in [1.82, 2.24) is 9.88 Å². The number of carbonyl (C=O) groups is 3. The number of aryl methyl sites for hydroxylation is 1. The van der Waals surface area contributed by atoms with E-state index in [4.69, 9.17) is 9.84 Å². The van der Waals surface area contributed by atoms with Crippen molar-refractivity contribution in [2.45, 2.75) is 49.0 Å². The lowest BCUT2D eigenvalue weighted by molar-refractivity contribution is -0.142. The first-order valence-corrected chi connectivity index (χ1v) is 15.8. The number of para-hydroxylation sites is 1. The zero-order chi connectivity index (χ0) is 28.4. The zero-order valence-corrected chi connectivity index (χ0v) is 24.1. The van der Waals surface area contributed by atoms with E-state index >= 15 is 0 Å². The zero-order valence-electron chi connectivity index (χ0n) is 22.4. The Balaban J connectivity index is 1.24. The maximum Gasteiger partial charge on any atom is 0.305 e. The van der Waals surface area contributed by atoms with Crippen LogP contribution < -0.4 is 9.61 Å². The number of aromatic amines is 1. The van der Waals surface area contributed by atoms with Gasteiger partial charge in [0.2, 0.25) is 11.8 Å². The number of aliphatic carboxylic acids is 1. The number of aromatic nitrogens is 1. The normalized spacial score (nSPS) is 29.4. The predicted octanol–water partition coefficient (Wildman–Crippen LogP) is 4.66. The van der Waals surface area contributed by atoms with Gasteiger partial charge in [0.25, 0.3) is 0 Å². The first-order valence-electron chi connectivity index (χ1n) is 14.1. The van der Waals surface area contributed by atoms with Crippen molar-refractivity contribution in [3.8, 4) is 5.75 Å². The highest BCUT2D eigenvalue weighted by atomic mass is 32.2. The number of ether oxygens (including phenoxy) is 1. The second-order valence-corrected chi connectivity index (χ2v) is 13.8. The van der Waals surface area contributed by atoms with Crippen LogP contribution in [-0.4, -0.2) is 44.6 Å². The monoisotopic (exact) mass is 590 g/mol. The molecule has 10 heteroatoms. The molecule has 2 saturated carbocycles. The molecule has 3 aromatic rings. The van der Waals surface area contributed by atoms with Crippen LogP contribution in [0.4, 0.5) is 0 Å². The summed E-state index contributed by atoms with van der Waals surface area (Å²) in [6.07, 6.45) is 0.991. The molecule has 1 aromatic heterocycles. The summed E-state index contributed by atoms with van der Waals surface area (Å²) in [5.74, 6) is -1.26. The minimum Gasteiger partial charge on any atom is -0.489 e. The topological polar surface area (TPSA) is 117 Å². The van der Waals surface area contributed by atoms with Crippen LogP contribution in [0.25, 0.3) is 0 Å². The van der Waals surface area contributed by atoms with E-state index in [-0.39, 0.29) is 76.8 Å². The first-order chi connectivity index (χ1) is 19.8. The molecule has 7 atom stereocenters. The van der Waals surface area contributed by atoms with Crippen molar-refractivity contribution < 1.29 is 24.2 Å². The van der Waals surface area contributed by atoms with Gasteiger partial charge in [-0.05, 0) is 49.1 Å². The van der Waals surface area contributed by atoms with Crippen molar-refractivity contribution >= 4 is 40.9 Å². The van der Waals surface area contributed by atoms with Crippen LogP contribution in [0.1, 0.15) is 46.7 Å². The Morgan fingerprint density at radius 3 is 2.63 bits per heavy atom. The lowest BCUT2D eigenvalue weighted by Crippen LogP contribution is -2.42. The van der Waals surface area contributed by atoms with Crippen molar-refractivity contribution in [3.05, 3.63) is 79.8 Å². The highest BCUT2D eigenvalue weighted by Crippen LogP contribution is 2.69. The van der Waals surface area contributed by atoms with Gasteiger partial charge in [0, 0.05) is 34.6 Å². The molecule has 1 saturated heterocycles. The number of nitrogens with one attached hydrogen (secondary N) is 1. The third kappa shape index (κ3) is 4.34. The second kappa shape index (κ2) is 10.2. The number of amides is 2. The van der Waals surface area contributed by atoms with E-state index in [1.807, 2.05) is 30.3 Å². The van der Waals surface area contributed by atoms with Gasteiger partial charge in [-0.25, -0.2) is 0 Å². The van der Waals surface area contributed by atoms with E-state index in [2.05, 4.69) is 30.1 Å². The molecule has 2 aliphatic carbocycles. The number of benzene rings is 2. The quantitative estimate of drug-likeness (QED) is 0.367. The number of carboxylic acid groups (broad SMARTS) is 1. The van der Waals surface area contributed by atoms with E-state index in [0.29, 0.717) is 6.61 Å². The summed E-state index contributed by atoms with van der Waals surface area (Å²) in [5.41, 5.74) is 3.24. The molecule has 2 aromatic carbocycles. The van der Waals surface area contributed by atoms with Crippen molar-refractivity contribution in [3.63, 3.8) is 0 Å². The Morgan fingerprint density at radius 2 is 1.85 bits per heavy atom. The largest absolute Gasteiger partial charge is 0.489 e. The molecule has 4 aliphatic rings. The number of thioether (sulfide) groups is 1. The fourth-order valence-electron chi connectivity index (χ4n) is 7.87. The maximum absolute atomic E-state index is 13.7. The summed E-state index contributed by atoms with van der Waals surface area (Å²) < 4.78 is 6.42. The third-order valence-electron chi connectivity index (χ3n) is 9.32. The molecule has 2 aliphatic heterocycles. The summed E-state index contributed by atoms with van der Waals surface area (Å²) >= 11 is 2.89. The number of carbonyl (C=O) groups excluding carboxylic acids is 2. The van der Waals surface area contributed by atoms with E-state index in [0.717, 1.165) is 38.8 Å². The molecule has 2 N–H and O–H groups in total. The highest BCUT2D eigenvalue weighted by molar-refractivity contribution is 8.00. The average Bonchev–Trinajstić information content (AvgIpc) is 3.67. The third-order valence-corrected chi connectivity index (χ3v) is 11.9. The molecule has 41 heavy (non-hydrogen) atoms. The number of imide groups is 1. The molecule has 6 unspecified atom stereocenters. The van der Waals surface area contributed by atoms with Crippen LogP contribution in [0.3, 0.4) is 0 Å². The van der Waals surface area contributed by atoms with Crippen LogP contribution in [0.2, 0.25) is 0 Å². The Labute approximate surface area is 245 Å². The Kier molecular flexibility index (Phi) is 6.58. The molecule has 3 heterocycles. The Morgan fingerprint density at radius 1 is 1.07 bits per heavy atom. The van der Waals surface area contributed by atoms with Gasteiger partial charge in [0.05, 0.1) is 16.9 Å². The van der Waals surface area contributed by atoms with Crippen LogP contribution >= 0.6 is 23.1 Å². The standard InChI is InChI=1S/C31H30N2O6S2/c1-15-6-4-7-16(12-15)14-39-20-9-3-2-8-17(20)22-23-18-13-19(26(23)40-28-27(22)41-31(38)32-28)25-24(18)29(36)33(30(25)37)11-5-10-21(34)35/h2-4,6-9,12,18-19,22-26H,5,10-11,13-14H2,1H3,(H,32,38)(H,34,35)/t18?,19?,22-,23?,24?,25?,26?/m1/s1. The minimum absolute atomic E-state index is 0.00334. The van der Waals surface area contributed by atoms with Gasteiger partial charge in [-0.15, -0.1) is 11.8 Å². The summed E-state index contributed by atoms with van der Waals surface area (Å²) in [6, 6.07) is 16.2. The fourth-order valence-corrected chi connectivity index (χ4v) is 10.7. The van der Waals surface area contributed by atoms with E-state index in [1.165, 1.54) is 16.2 Å². The predicted molar refractivity (Wildman–Crippen MR) is 154 cm³/mol. The number of hydrogen-bond acceptors (Lipinski definition) is 7. The molecule has 8 nitrogen and oxygen atoms in total. The number of carboxylic acids is 1. The van der Waals surface area contributed by atoms with Gasteiger partial charge in [-0.2, -0.15) is 0 Å². The molecule has 0 radical (unpaired) electrons. The van der Waals surface area contributed by atoms with Gasteiger partial charge in [0.1, 0.15) is 12.4 Å². The van der Waals surface area contributed by atoms with Gasteiger partial charge in [-0.3, -0.25) is 24.1 Å². The van der Waals surface area contributed by atoms with E-state index in [9.17, 15) is 19.2 Å². The molecule has 7 rings (SSSR count). The van der Waals surface area contributed by atoms with Crippen molar-refractivity contribution in [2.24, 2.45) is 29.6 Å². The summed E-state index contributed by atoms with van der Waals surface area (Å²) in [7, 11) is 0. The SMILES string of the molecule is Cc1cccc(COc2ccccc2[C@H]2c3sc(=O)[nH]c3SC3C4CC(C5C(=O)N(CCCC(=O)O)C(=O)C45)C32)c1. The van der Waals surface area contributed by atoms with Gasteiger partial charge < -0.3 is 14.8 Å². The summed E-state index contributed by atoms with van der Waals surface area (Å²) in [5, 5.41) is 10.00. The van der Waals surface area contributed by atoms with Crippen LogP contribution in [-0.2, 0) is 21.0 Å². The second-order valence-electron chi connectivity index (χ2n) is 11.6. The molecule has 212 valence electrons. The highest BCUT2D eigenvalue weighted by Gasteiger charge is 2.69. The van der Waals surface area contributed by atoms with E-state index < -0.39 is 5.97 Å². The average molecular weight is 591 g/mol. The van der Waals surface area contributed by atoms with Gasteiger partial charge in [-0.1, -0.05) is 59.4 Å². The summed E-state index contributed by atoms with van der Waals surface area (Å²) in [4.78, 5) is 56.1. The number of hydrogen-bond donors (Lipinski definition) is 2. The van der Waals surface area contributed by atoms with Crippen molar-refractivity contribution in [2.75, 3.05) is 6.54 Å². The molecule has 2 bridgehead atoms. The molecule has 0 spiro atoms. The molecular formula is C31H30N2O6S2. The number of thiazole rings is 1. The summed E-state index contributed by atoms with van der Waals surface area (Å²) in [6.45, 7) is 2.62. The number of likely N-dealkylation sites (tertiary alicyclic amines) is 1. The van der Waals surface area contributed by atoms with E-state index in [1.54, 1.807) is 11.8 Å². The van der Waals surface area contributed by atoms with Crippen molar-refractivity contribution in [1.29, 1.82) is 0 Å². The minimum atomic E-state index is -0.932. The van der Waals surface area contributed by atoms with Gasteiger partial charge >= 0.3 is 10.8 Å². The fraction of sp³-hybridized carbons (Fsp3) is 0.419. The maximum atomic E-state index is 13.7. The lowest BCUT2D eigenvalue weighted by atomic mass is 9.68. The number of rotatable bonds is 8. The number of fused-ring (bicyclic) bond motifs is 9. The lowest BCUT2D eigenvalue weighted by Gasteiger charge is -2.43. The van der Waals surface area contributed by atoms with Crippen LogP contribution in [0, 0.1) is 36.5 Å². The van der Waals surface area contributed by atoms with Gasteiger partial charge in [0.15, 0.2) is 0 Å². The number of H-pyrrole nitrogens is 1. The Bertz CT molecular complexity index is 1610. The number of nitrogens with zero attached hydrogens (tertiary/aromatic N) is 1. The van der Waals surface area contributed by atoms with Crippen LogP contribution in [0.5, 0.6) is 5.75 Å². The molecular weight excluding hydrogens is 560 g/mol. The van der Waals surface area contributed by atoms with Crippen LogP contribution in [0.15, 0.2) is 58.4 Å². The Hall–Kier alpha value is -3.37. The molecule has 3 fully saturated rings. The molecule has 2 amide bonds. The smallest absolute Gasteiger partial charge is 0.305 e.